The van der Waals surface area contributed by atoms with Gasteiger partial charge in [0.15, 0.2) is 0 Å². The van der Waals surface area contributed by atoms with Gasteiger partial charge in [-0.05, 0) is 42.0 Å². The lowest BCUT2D eigenvalue weighted by Gasteiger charge is -2.20. The van der Waals surface area contributed by atoms with Gasteiger partial charge in [0, 0.05) is 17.3 Å². The van der Waals surface area contributed by atoms with Crippen LogP contribution in [-0.4, -0.2) is 34.0 Å². The minimum Gasteiger partial charge on any atom is -0.340 e. The van der Waals surface area contributed by atoms with E-state index < -0.39 is 11.9 Å². The highest BCUT2D eigenvalue weighted by molar-refractivity contribution is 7.12. The van der Waals surface area contributed by atoms with Gasteiger partial charge in [-0.1, -0.05) is 26.0 Å². The maximum Gasteiger partial charge on any atom is 0.265 e. The molecule has 0 aliphatic heterocycles. The number of thiophene rings is 1. The monoisotopic (exact) mass is 425 g/mol. The fraction of sp³-hybridized carbons (Fsp3) is 0.238. The summed E-state index contributed by atoms with van der Waals surface area (Å²) in [4.78, 5) is 38.2. The van der Waals surface area contributed by atoms with Crippen LogP contribution in [0.3, 0.4) is 0 Å². The maximum absolute atomic E-state index is 12.8. The minimum atomic E-state index is -0.717. The van der Waals surface area contributed by atoms with Crippen LogP contribution in [0, 0.1) is 5.92 Å². The van der Waals surface area contributed by atoms with Gasteiger partial charge in [-0.15, -0.1) is 11.3 Å². The summed E-state index contributed by atoms with van der Waals surface area (Å²) in [5.74, 6) is -0.309. The Labute approximate surface area is 178 Å². The molecule has 9 heteroatoms. The van der Waals surface area contributed by atoms with Crippen LogP contribution in [0.2, 0.25) is 0 Å². The van der Waals surface area contributed by atoms with Crippen molar-refractivity contribution in [2.75, 3.05) is 10.6 Å². The van der Waals surface area contributed by atoms with Gasteiger partial charge in [0.1, 0.15) is 11.9 Å². The second-order valence-electron chi connectivity index (χ2n) is 7.13. The van der Waals surface area contributed by atoms with Crippen LogP contribution in [0.5, 0.6) is 0 Å². The SMILES string of the molecule is CC(C)CC(NC(=O)c1cccc(NC(=O)c2cccs2)c1)C(=O)Nc1ccn[nH]1. The lowest BCUT2D eigenvalue weighted by atomic mass is 10.0. The third-order valence-corrected chi connectivity index (χ3v) is 5.08. The smallest absolute Gasteiger partial charge is 0.265 e. The number of carbonyl (C=O) groups is 3. The number of hydrogen-bond acceptors (Lipinski definition) is 5. The normalized spacial score (nSPS) is 11.7. The molecule has 3 aromatic rings. The Morgan fingerprint density at radius 3 is 2.57 bits per heavy atom. The second kappa shape index (κ2) is 9.84. The van der Waals surface area contributed by atoms with Gasteiger partial charge < -0.3 is 16.0 Å². The van der Waals surface area contributed by atoms with Gasteiger partial charge in [-0.25, -0.2) is 0 Å². The summed E-state index contributed by atoms with van der Waals surface area (Å²) in [7, 11) is 0. The summed E-state index contributed by atoms with van der Waals surface area (Å²) in [6.45, 7) is 3.95. The largest absolute Gasteiger partial charge is 0.340 e. The van der Waals surface area contributed by atoms with E-state index >= 15 is 0 Å². The Morgan fingerprint density at radius 2 is 1.90 bits per heavy atom. The van der Waals surface area contributed by atoms with Crippen molar-refractivity contribution in [1.29, 1.82) is 0 Å². The third-order valence-electron chi connectivity index (χ3n) is 4.22. The predicted octanol–water partition coefficient (Wildman–Crippen LogP) is 3.51. The number of benzene rings is 1. The predicted molar refractivity (Wildman–Crippen MR) is 117 cm³/mol. The number of hydrogen-bond donors (Lipinski definition) is 4. The lowest BCUT2D eigenvalue weighted by Crippen LogP contribution is -2.44. The summed E-state index contributed by atoms with van der Waals surface area (Å²) in [5, 5.41) is 16.6. The molecule has 0 radical (unpaired) electrons. The summed E-state index contributed by atoms with van der Waals surface area (Å²) in [5.41, 5.74) is 0.852. The van der Waals surface area contributed by atoms with Crippen LogP contribution >= 0.6 is 11.3 Å². The Morgan fingerprint density at radius 1 is 1.07 bits per heavy atom. The number of rotatable bonds is 8. The van der Waals surface area contributed by atoms with Crippen LogP contribution in [0.1, 0.15) is 40.3 Å². The Bertz CT molecular complexity index is 1000. The van der Waals surface area contributed by atoms with Crippen molar-refractivity contribution in [3.05, 3.63) is 64.5 Å². The van der Waals surface area contributed by atoms with Crippen molar-refractivity contribution >= 4 is 40.6 Å². The van der Waals surface area contributed by atoms with E-state index in [4.69, 9.17) is 0 Å². The zero-order valence-electron chi connectivity index (χ0n) is 16.6. The number of carbonyl (C=O) groups excluding carboxylic acids is 3. The lowest BCUT2D eigenvalue weighted by molar-refractivity contribution is -0.118. The number of nitrogens with one attached hydrogen (secondary N) is 4. The first-order valence-electron chi connectivity index (χ1n) is 9.48. The molecule has 4 N–H and O–H groups in total. The first kappa shape index (κ1) is 21.3. The number of aromatic nitrogens is 2. The minimum absolute atomic E-state index is 0.194. The average molecular weight is 426 g/mol. The van der Waals surface area contributed by atoms with Crippen LogP contribution in [0.15, 0.2) is 54.0 Å². The molecule has 156 valence electrons. The van der Waals surface area contributed by atoms with Crippen molar-refractivity contribution in [3.63, 3.8) is 0 Å². The molecule has 8 nitrogen and oxygen atoms in total. The summed E-state index contributed by atoms with van der Waals surface area (Å²) in [6, 6.07) is 11.0. The van der Waals surface area contributed by atoms with Crippen molar-refractivity contribution in [2.24, 2.45) is 5.92 Å². The number of aromatic amines is 1. The highest BCUT2D eigenvalue weighted by Gasteiger charge is 2.23. The Balaban J connectivity index is 1.68. The molecule has 2 heterocycles. The van der Waals surface area contributed by atoms with Crippen LogP contribution in [0.4, 0.5) is 11.5 Å². The quantitative estimate of drug-likeness (QED) is 0.442. The first-order chi connectivity index (χ1) is 14.4. The molecular weight excluding hydrogens is 402 g/mol. The molecule has 3 amide bonds. The molecule has 0 fully saturated rings. The summed E-state index contributed by atoms with van der Waals surface area (Å²) < 4.78 is 0. The molecule has 0 saturated carbocycles. The van der Waals surface area contributed by atoms with E-state index in [0.29, 0.717) is 28.4 Å². The number of anilines is 2. The van der Waals surface area contributed by atoms with E-state index in [1.54, 1.807) is 42.5 Å². The van der Waals surface area contributed by atoms with Crippen LogP contribution in [-0.2, 0) is 4.79 Å². The van der Waals surface area contributed by atoms with Gasteiger partial charge in [0.2, 0.25) is 5.91 Å². The molecule has 1 aromatic carbocycles. The molecule has 1 atom stereocenters. The fourth-order valence-corrected chi connectivity index (χ4v) is 3.45. The van der Waals surface area contributed by atoms with E-state index in [1.807, 2.05) is 19.2 Å². The van der Waals surface area contributed by atoms with Crippen LogP contribution in [0.25, 0.3) is 0 Å². The Kier molecular flexibility index (Phi) is 6.97. The van der Waals surface area contributed by atoms with Crippen molar-refractivity contribution in [1.82, 2.24) is 15.5 Å². The molecule has 1 unspecified atom stereocenters. The van der Waals surface area contributed by atoms with E-state index in [1.165, 1.54) is 17.5 Å². The van der Waals surface area contributed by atoms with Gasteiger partial charge in [0.25, 0.3) is 11.8 Å². The number of H-pyrrole nitrogens is 1. The molecule has 0 aliphatic rings. The molecule has 3 rings (SSSR count). The summed E-state index contributed by atoms with van der Waals surface area (Å²) in [6.07, 6.45) is 2.00. The van der Waals surface area contributed by atoms with Gasteiger partial charge in [-0.3, -0.25) is 19.5 Å². The van der Waals surface area contributed by atoms with Crippen LogP contribution < -0.4 is 16.0 Å². The highest BCUT2D eigenvalue weighted by atomic mass is 32.1. The molecule has 0 aliphatic carbocycles. The third kappa shape index (κ3) is 5.77. The molecule has 0 bridgehead atoms. The highest BCUT2D eigenvalue weighted by Crippen LogP contribution is 2.16. The molecule has 2 aromatic heterocycles. The van der Waals surface area contributed by atoms with Crippen molar-refractivity contribution in [3.8, 4) is 0 Å². The fourth-order valence-electron chi connectivity index (χ4n) is 2.83. The van der Waals surface area contributed by atoms with E-state index in [-0.39, 0.29) is 17.7 Å². The first-order valence-corrected chi connectivity index (χ1v) is 10.4. The maximum atomic E-state index is 12.8. The van der Waals surface area contributed by atoms with E-state index in [9.17, 15) is 14.4 Å². The van der Waals surface area contributed by atoms with Gasteiger partial charge in [-0.2, -0.15) is 5.10 Å². The standard InChI is InChI=1S/C21H23N5O3S/c1-13(2)11-16(20(28)25-18-8-9-22-26-18)24-19(27)14-5-3-6-15(12-14)23-21(29)17-7-4-10-30-17/h3-10,12-13,16H,11H2,1-2H3,(H,23,29)(H,24,27)(H2,22,25,26,28). The van der Waals surface area contributed by atoms with Crippen molar-refractivity contribution in [2.45, 2.75) is 26.3 Å². The van der Waals surface area contributed by atoms with E-state index in [2.05, 4.69) is 26.1 Å². The Hall–Kier alpha value is -3.46. The topological polar surface area (TPSA) is 116 Å². The van der Waals surface area contributed by atoms with Gasteiger partial charge in [0.05, 0.1) is 11.1 Å². The van der Waals surface area contributed by atoms with Gasteiger partial charge >= 0.3 is 0 Å². The average Bonchev–Trinajstić information content (AvgIpc) is 3.41. The molecule has 30 heavy (non-hydrogen) atoms. The number of amides is 3. The van der Waals surface area contributed by atoms with Crippen molar-refractivity contribution < 1.29 is 14.4 Å². The number of nitrogens with zero attached hydrogens (tertiary/aromatic N) is 1. The second-order valence-corrected chi connectivity index (χ2v) is 8.08. The summed E-state index contributed by atoms with van der Waals surface area (Å²) >= 11 is 1.34. The van der Waals surface area contributed by atoms with E-state index in [0.717, 1.165) is 0 Å². The molecule has 0 saturated heterocycles. The molecule has 0 spiro atoms. The molecular formula is C21H23N5O3S. The zero-order chi connectivity index (χ0) is 21.5. The zero-order valence-corrected chi connectivity index (χ0v) is 17.5.